The number of carbonyl (C=O) groups excluding carboxylic acids is 2. The van der Waals surface area contributed by atoms with Crippen molar-refractivity contribution in [1.29, 1.82) is 0 Å². The van der Waals surface area contributed by atoms with Gasteiger partial charge in [0.1, 0.15) is 12.1 Å². The smallest absolute Gasteiger partial charge is 0.245 e. The highest BCUT2D eigenvalue weighted by atomic mass is 31.1. The number of benzene rings is 4. The van der Waals surface area contributed by atoms with Gasteiger partial charge in [-0.2, -0.15) is 0 Å². The van der Waals surface area contributed by atoms with E-state index in [0.29, 0.717) is 13.0 Å². The molecule has 0 saturated heterocycles. The van der Waals surface area contributed by atoms with Crippen LogP contribution in [0.5, 0.6) is 0 Å². The summed E-state index contributed by atoms with van der Waals surface area (Å²) in [5, 5.41) is 9.74. The molecule has 2 atom stereocenters. The normalized spacial score (nSPS) is 13.0. The second-order valence-electron chi connectivity index (χ2n) is 12.0. The molecule has 2 amide bonds. The van der Waals surface area contributed by atoms with Crippen LogP contribution in [0.25, 0.3) is 0 Å². The second kappa shape index (κ2) is 16.1. The highest BCUT2D eigenvalue weighted by Crippen LogP contribution is 2.34. The van der Waals surface area contributed by atoms with Crippen molar-refractivity contribution in [3.63, 3.8) is 0 Å². The molecule has 0 spiro atoms. The van der Waals surface area contributed by atoms with Crippen LogP contribution in [0.15, 0.2) is 120 Å². The summed E-state index contributed by atoms with van der Waals surface area (Å²) in [6, 6.07) is 37.8. The molecule has 2 N–H and O–H groups in total. The predicted octanol–water partition coefficient (Wildman–Crippen LogP) is 5.92. The Morgan fingerprint density at radius 3 is 1.89 bits per heavy atom. The van der Waals surface area contributed by atoms with Gasteiger partial charge in [0.05, 0.1) is 0 Å². The maximum atomic E-state index is 13.9. The summed E-state index contributed by atoms with van der Waals surface area (Å²) in [6.45, 7) is 8.70. The minimum Gasteiger partial charge on any atom is -0.354 e. The monoisotopic (exact) mass is 605 g/mol. The minimum atomic E-state index is -0.844. The maximum Gasteiger partial charge on any atom is 0.245 e. The van der Waals surface area contributed by atoms with Crippen LogP contribution in [-0.4, -0.2) is 36.7 Å². The van der Waals surface area contributed by atoms with Crippen molar-refractivity contribution in [1.82, 2.24) is 10.6 Å². The van der Waals surface area contributed by atoms with E-state index >= 15 is 0 Å². The lowest BCUT2D eigenvalue weighted by Gasteiger charge is -2.28. The van der Waals surface area contributed by atoms with E-state index in [2.05, 4.69) is 84.3 Å². The highest BCUT2D eigenvalue weighted by Gasteiger charge is 2.33. The molecule has 6 heteroatoms. The van der Waals surface area contributed by atoms with Gasteiger partial charge in [-0.1, -0.05) is 149 Å². The van der Waals surface area contributed by atoms with Gasteiger partial charge >= 0.3 is 0 Å². The Morgan fingerprint density at radius 1 is 0.773 bits per heavy atom. The third-order valence-electron chi connectivity index (χ3n) is 7.38. The number of hydrogen-bond donors (Lipinski definition) is 2. The minimum absolute atomic E-state index is 0.172. The highest BCUT2D eigenvalue weighted by molar-refractivity contribution is 7.80. The first-order chi connectivity index (χ1) is 21.3. The molecule has 0 bridgehead atoms. The zero-order valence-electron chi connectivity index (χ0n) is 26.2. The first kappa shape index (κ1) is 32.8. The van der Waals surface area contributed by atoms with Crippen LogP contribution in [0.4, 0.5) is 0 Å². The van der Waals surface area contributed by atoms with Crippen molar-refractivity contribution in [2.45, 2.75) is 59.0 Å². The fourth-order valence-corrected chi connectivity index (χ4v) is 7.46. The average Bonchev–Trinajstić information content (AvgIpc) is 3.02. The van der Waals surface area contributed by atoms with E-state index in [9.17, 15) is 9.59 Å². The van der Waals surface area contributed by atoms with Crippen molar-refractivity contribution < 1.29 is 9.59 Å². The molecule has 0 aliphatic rings. The van der Waals surface area contributed by atoms with Gasteiger partial charge in [-0.3, -0.25) is 14.6 Å². The first-order valence-electron chi connectivity index (χ1n) is 15.4. The van der Waals surface area contributed by atoms with Gasteiger partial charge in [0, 0.05) is 24.7 Å². The van der Waals surface area contributed by atoms with Crippen molar-refractivity contribution in [2.24, 2.45) is 10.4 Å². The molecule has 228 valence electrons. The van der Waals surface area contributed by atoms with Gasteiger partial charge in [0.25, 0.3) is 0 Å². The number of nitrogens with one attached hydrogen (secondary N) is 2. The Balaban J connectivity index is 1.64. The van der Waals surface area contributed by atoms with Gasteiger partial charge in [-0.25, -0.2) is 0 Å². The fourth-order valence-electron chi connectivity index (χ4n) is 5.04. The Bertz CT molecular complexity index is 1460. The van der Waals surface area contributed by atoms with E-state index in [1.54, 1.807) is 0 Å². The largest absolute Gasteiger partial charge is 0.354 e. The molecule has 4 rings (SSSR count). The molecule has 5 nitrogen and oxygen atoms in total. The SMILES string of the molecule is CCCCNC(=O)[C@H](Cc1ccccc1)NC(=O)C(N=Cc1ccccc1P(c1ccccc1)c1ccccc1)C(C)(C)C. The van der Waals surface area contributed by atoms with Crippen LogP contribution in [0, 0.1) is 5.41 Å². The van der Waals surface area contributed by atoms with Crippen LogP contribution in [0.2, 0.25) is 0 Å². The van der Waals surface area contributed by atoms with Gasteiger partial charge in [-0.15, -0.1) is 0 Å². The molecular weight excluding hydrogens is 561 g/mol. The Labute approximate surface area is 264 Å². The molecule has 0 aliphatic carbocycles. The average molecular weight is 606 g/mol. The molecule has 44 heavy (non-hydrogen) atoms. The van der Waals surface area contributed by atoms with Gasteiger partial charge in [0.2, 0.25) is 11.8 Å². The van der Waals surface area contributed by atoms with Crippen molar-refractivity contribution in [3.8, 4) is 0 Å². The fraction of sp³-hybridized carbons (Fsp3) is 0.289. The van der Waals surface area contributed by atoms with Crippen LogP contribution < -0.4 is 26.5 Å². The van der Waals surface area contributed by atoms with Crippen LogP contribution in [-0.2, 0) is 16.0 Å². The lowest BCUT2D eigenvalue weighted by molar-refractivity contribution is -0.130. The Kier molecular flexibility index (Phi) is 12.0. The summed E-state index contributed by atoms with van der Waals surface area (Å²) in [7, 11) is -0.844. The Hall–Kier alpha value is -4.08. The summed E-state index contributed by atoms with van der Waals surface area (Å²) in [5.41, 5.74) is 1.49. The lowest BCUT2D eigenvalue weighted by atomic mass is 9.86. The Morgan fingerprint density at radius 2 is 1.32 bits per heavy atom. The number of unbranched alkanes of at least 4 members (excludes halogenated alkanes) is 1. The first-order valence-corrected chi connectivity index (χ1v) is 16.8. The number of aliphatic imine (C=N–C) groups is 1. The topological polar surface area (TPSA) is 70.6 Å². The maximum absolute atomic E-state index is 13.9. The number of amides is 2. The molecule has 4 aromatic rings. The van der Waals surface area contributed by atoms with E-state index in [-0.39, 0.29) is 11.8 Å². The van der Waals surface area contributed by atoms with E-state index in [0.717, 1.165) is 24.0 Å². The molecule has 0 radical (unpaired) electrons. The van der Waals surface area contributed by atoms with E-state index in [4.69, 9.17) is 4.99 Å². The number of carbonyl (C=O) groups is 2. The summed E-state index contributed by atoms with van der Waals surface area (Å²) >= 11 is 0. The zero-order valence-corrected chi connectivity index (χ0v) is 27.1. The number of rotatable bonds is 13. The number of hydrogen-bond acceptors (Lipinski definition) is 3. The molecule has 0 aliphatic heterocycles. The summed E-state index contributed by atoms with van der Waals surface area (Å²) < 4.78 is 0. The van der Waals surface area contributed by atoms with E-state index in [1.807, 2.05) is 75.5 Å². The molecule has 4 aromatic carbocycles. The van der Waals surface area contributed by atoms with Crippen LogP contribution in [0.1, 0.15) is 51.7 Å². The molecule has 0 saturated carbocycles. The van der Waals surface area contributed by atoms with Gasteiger partial charge in [-0.05, 0) is 41.2 Å². The summed E-state index contributed by atoms with van der Waals surface area (Å²) in [4.78, 5) is 32.1. The molecule has 1 unspecified atom stereocenters. The molecule has 0 heterocycles. The van der Waals surface area contributed by atoms with Crippen LogP contribution >= 0.6 is 7.92 Å². The van der Waals surface area contributed by atoms with Gasteiger partial charge < -0.3 is 10.6 Å². The molecular formula is C38H44N3O2P. The summed E-state index contributed by atoms with van der Waals surface area (Å²) in [5.74, 6) is -0.430. The van der Waals surface area contributed by atoms with Crippen molar-refractivity contribution in [2.75, 3.05) is 6.54 Å². The number of nitrogens with zero attached hydrogens (tertiary/aromatic N) is 1. The van der Waals surface area contributed by atoms with Gasteiger partial charge in [0.15, 0.2) is 0 Å². The summed E-state index contributed by atoms with van der Waals surface area (Å²) in [6.07, 6.45) is 4.13. The second-order valence-corrected chi connectivity index (χ2v) is 14.2. The third kappa shape index (κ3) is 9.21. The van der Waals surface area contributed by atoms with Crippen molar-refractivity contribution >= 4 is 41.9 Å². The van der Waals surface area contributed by atoms with Crippen LogP contribution in [0.3, 0.4) is 0 Å². The lowest BCUT2D eigenvalue weighted by Crippen LogP contribution is -2.52. The molecule has 0 aromatic heterocycles. The van der Waals surface area contributed by atoms with E-state index < -0.39 is 25.4 Å². The van der Waals surface area contributed by atoms with E-state index in [1.165, 1.54) is 15.9 Å². The predicted molar refractivity (Wildman–Crippen MR) is 186 cm³/mol. The zero-order chi connectivity index (χ0) is 31.4. The standard InChI is InChI=1S/C38H44N3O2P/c1-5-6-26-39-36(42)33(27-29-18-10-7-11-19-29)41-37(43)35(38(2,3)4)40-28-30-20-16-17-25-34(30)44(31-21-12-8-13-22-31)32-23-14-9-15-24-32/h7-25,28,33,35H,5-6,26-27H2,1-4H3,(H,39,42)(H,41,43)/t33-,35?/m0/s1. The molecule has 0 fully saturated rings. The quantitative estimate of drug-likeness (QED) is 0.113. The third-order valence-corrected chi connectivity index (χ3v) is 9.90. The van der Waals surface area contributed by atoms with Crippen molar-refractivity contribution in [3.05, 3.63) is 126 Å².